The van der Waals surface area contributed by atoms with Crippen molar-refractivity contribution >= 4 is 23.2 Å². The first-order valence-corrected chi connectivity index (χ1v) is 2.85. The van der Waals surface area contributed by atoms with Crippen LogP contribution in [0.25, 0.3) is 4.85 Å². The maximum atomic E-state index is 7.50. The Labute approximate surface area is 121 Å². The fraction of sp³-hybridized carbons (Fsp3) is 0. The molecule has 0 aliphatic carbocycles. The van der Waals surface area contributed by atoms with Crippen LogP contribution in [0, 0.1) is 39.8 Å². The van der Waals surface area contributed by atoms with Crippen LogP contribution in [0.15, 0.2) is 10.7 Å². The Morgan fingerprint density at radius 2 is 1.12 bits per heavy atom. The minimum atomic E-state index is -0.406. The second kappa shape index (κ2) is 182. The summed E-state index contributed by atoms with van der Waals surface area (Å²) in [4.78, 5) is 2.66. The number of rotatable bonds is 0. The van der Waals surface area contributed by atoms with Crippen LogP contribution >= 0.6 is 23.2 Å². The molecule has 0 heterocycles. The van der Waals surface area contributed by atoms with E-state index in [4.69, 9.17) is 54.4 Å². The molecule has 0 amide bonds. The van der Waals surface area contributed by atoms with Gasteiger partial charge in [-0.2, -0.15) is 0 Å². The molecule has 0 bridgehead atoms. The molecule has 0 atom stereocenters. The zero-order valence-electron chi connectivity index (χ0n) is 8.65. The van der Waals surface area contributed by atoms with Crippen molar-refractivity contribution in [1.82, 2.24) is 0 Å². The van der Waals surface area contributed by atoms with Gasteiger partial charge in [-0.25, -0.2) is 4.85 Å². The van der Waals surface area contributed by atoms with Crippen molar-refractivity contribution in [2.24, 2.45) is 0 Å². The van der Waals surface area contributed by atoms with E-state index in [2.05, 4.69) is 38.1 Å². The van der Waals surface area contributed by atoms with Crippen LogP contribution < -0.4 is 0 Å². The first kappa shape index (κ1) is 36.0. The molecule has 9 heteroatoms. The smallest absolute Gasteiger partial charge is 0 e. The van der Waals surface area contributed by atoms with E-state index in [1.54, 1.807) is 0 Å². The summed E-state index contributed by atoms with van der Waals surface area (Å²) in [6.45, 7) is 28.7. The van der Waals surface area contributed by atoms with E-state index >= 15 is 0 Å². The summed E-state index contributed by atoms with van der Waals surface area (Å²) in [6.07, 6.45) is 0. The Bertz CT molecular complexity index is 277. The normalized spacial score (nSPS) is 5.71. The monoisotopic (exact) mass is 314 g/mol. The summed E-state index contributed by atoms with van der Waals surface area (Å²) in [6, 6.07) is 0. The average Bonchev–Trinajstić information content (AvgIpc) is 2.48. The van der Waals surface area contributed by atoms with Gasteiger partial charge in [-0.1, -0.05) is 0 Å². The quantitative estimate of drug-likeness (QED) is 0.370. The molecule has 6 nitrogen and oxygen atoms in total. The Kier molecular flexibility index (Phi) is 384. The molecular weight excluding hydrogens is 313 g/mol. The Balaban J connectivity index is -0.0000000189. The molecule has 0 aromatic heterocycles. The van der Waals surface area contributed by atoms with Gasteiger partial charge in [-0.3, -0.25) is 0 Å². The molecule has 0 saturated carbocycles. The van der Waals surface area contributed by atoms with Crippen molar-refractivity contribution in [1.29, 1.82) is 0 Å². The zero-order valence-corrected chi connectivity index (χ0v) is 10.4. The van der Waals surface area contributed by atoms with Gasteiger partial charge < -0.3 is 0 Å². The molecule has 0 aromatic carbocycles. The maximum Gasteiger partial charge on any atom is 0 e. The van der Waals surface area contributed by atoms with Crippen molar-refractivity contribution < 1.29 is 42.0 Å². The SMILES string of the molecule is [2H]/C(Cl)=C(/Cl)[N+]#[C-].[C-]#[O+].[C-]#[O+].[C-]#[O+].[C-]#[O+].[C-]#[O+].[Cr]. The van der Waals surface area contributed by atoms with E-state index in [-0.39, 0.29) is 22.5 Å². The minimum absolute atomic E-state index is 0. The minimum Gasteiger partial charge on any atom is 0 e. The number of halogens is 2. The van der Waals surface area contributed by atoms with Crippen molar-refractivity contribution in [3.8, 4) is 0 Å². The zero-order chi connectivity index (χ0) is 15.9. The van der Waals surface area contributed by atoms with Gasteiger partial charge in [-0.05, 0) is 0 Å². The molecule has 0 aromatic rings. The van der Waals surface area contributed by atoms with Gasteiger partial charge in [0, 0.05) is 22.9 Å². The molecule has 0 aliphatic rings. The average molecular weight is 315 g/mol. The van der Waals surface area contributed by atoms with Crippen molar-refractivity contribution in [3.05, 3.63) is 55.3 Å². The second-order valence-electron chi connectivity index (χ2n) is 0.497. The summed E-state index contributed by atoms with van der Waals surface area (Å²) < 4.78 is 44.0. The predicted molar refractivity (Wildman–Crippen MR) is 46.0 cm³/mol. The Morgan fingerprint density at radius 1 is 0.941 bits per heavy atom. The van der Waals surface area contributed by atoms with Crippen LogP contribution in [0.4, 0.5) is 0 Å². The predicted octanol–water partition coefficient (Wildman–Crippen LogP) is 1.99. The van der Waals surface area contributed by atoms with Gasteiger partial charge in [0.2, 0.25) is 0 Å². The molecule has 0 rings (SSSR count). The van der Waals surface area contributed by atoms with E-state index < -0.39 is 5.51 Å². The van der Waals surface area contributed by atoms with Crippen molar-refractivity contribution in [2.45, 2.75) is 0 Å². The van der Waals surface area contributed by atoms with Crippen molar-refractivity contribution in [3.63, 3.8) is 0 Å². The summed E-state index contributed by atoms with van der Waals surface area (Å²) in [5.41, 5.74) is -0.406. The van der Waals surface area contributed by atoms with Gasteiger partial charge in [-0.15, -0.1) is 23.2 Å². The third-order valence-electron chi connectivity index (χ3n) is 0.176. The molecule has 0 unspecified atom stereocenters. The molecule has 17 heavy (non-hydrogen) atoms. The number of hydrogen-bond acceptors (Lipinski definition) is 0. The molecule has 0 radical (unpaired) electrons. The third-order valence-corrected chi connectivity index (χ3v) is 0.631. The van der Waals surface area contributed by atoms with Crippen LogP contribution in [-0.4, -0.2) is 0 Å². The van der Waals surface area contributed by atoms with E-state index in [1.807, 2.05) is 0 Å². The van der Waals surface area contributed by atoms with Gasteiger partial charge in [0.05, 0.1) is 7.94 Å². The maximum absolute atomic E-state index is 7.50. The van der Waals surface area contributed by atoms with Gasteiger partial charge in [0.25, 0.3) is 5.16 Å². The summed E-state index contributed by atoms with van der Waals surface area (Å²) in [5.74, 6) is 0. The molecule has 0 N–H and O–H groups in total. The van der Waals surface area contributed by atoms with Crippen LogP contribution in [-0.2, 0) is 40.6 Å². The summed E-state index contributed by atoms with van der Waals surface area (Å²) >= 11 is 9.94. The van der Waals surface area contributed by atoms with Gasteiger partial charge in [0.15, 0.2) is 0 Å². The van der Waals surface area contributed by atoms with Gasteiger partial charge in [0.1, 0.15) is 0 Å². The largest absolute Gasteiger partial charge is 0 e. The van der Waals surface area contributed by atoms with Crippen molar-refractivity contribution in [2.75, 3.05) is 0 Å². The second-order valence-corrected chi connectivity index (χ2v) is 1.04. The van der Waals surface area contributed by atoms with E-state index in [9.17, 15) is 0 Å². The number of hydrogen-bond donors (Lipinski definition) is 0. The van der Waals surface area contributed by atoms with Crippen LogP contribution in [0.2, 0.25) is 0 Å². The van der Waals surface area contributed by atoms with Crippen LogP contribution in [0.5, 0.6) is 0 Å². The van der Waals surface area contributed by atoms with E-state index in [0.717, 1.165) is 0 Å². The van der Waals surface area contributed by atoms with E-state index in [1.165, 1.54) is 0 Å². The molecule has 0 fully saturated rings. The summed E-state index contributed by atoms with van der Waals surface area (Å²) in [5, 5.41) is -0.290. The van der Waals surface area contributed by atoms with Crippen LogP contribution in [0.1, 0.15) is 1.37 Å². The van der Waals surface area contributed by atoms with E-state index in [0.29, 0.717) is 0 Å². The van der Waals surface area contributed by atoms with Crippen LogP contribution in [0.3, 0.4) is 0 Å². The third kappa shape index (κ3) is 276. The Morgan fingerprint density at radius 3 is 1.12 bits per heavy atom. The first-order valence-electron chi connectivity index (χ1n) is 2.60. The van der Waals surface area contributed by atoms with Gasteiger partial charge >= 0.3 is 56.5 Å². The standard InChI is InChI=1S/C3HCl2N.5CO.Cr/c1-6-3(5)2-4;5*1-2;/h2H;;;;;;/b3-2+;;;;;;/i2D;;;;;;. The summed E-state index contributed by atoms with van der Waals surface area (Å²) in [7, 11) is 0. The fourth-order valence-corrected chi connectivity index (χ4v) is 0.0634. The fourth-order valence-electron chi connectivity index (χ4n) is 0.0211. The Hall–Kier alpha value is -0.958. The topological polar surface area (TPSA) is 104 Å². The molecule has 88 valence electrons. The molecule has 0 saturated heterocycles. The first-order chi connectivity index (χ1) is 8.18. The molecule has 0 aliphatic heterocycles. The number of nitrogens with zero attached hydrogens (tertiary/aromatic N) is 1. The molecule has 0 spiro atoms. The molecular formula is C8HCl2CrNO5.